The van der Waals surface area contributed by atoms with Gasteiger partial charge in [0, 0.05) is 29.1 Å². The van der Waals surface area contributed by atoms with Gasteiger partial charge < -0.3 is 19.7 Å². The van der Waals surface area contributed by atoms with Crippen molar-refractivity contribution in [2.45, 2.75) is 52.2 Å². The highest BCUT2D eigenvalue weighted by Crippen LogP contribution is 2.24. The van der Waals surface area contributed by atoms with E-state index in [-0.39, 0.29) is 30.8 Å². The Hall–Kier alpha value is -2.44. The smallest absolute Gasteiger partial charge is 0.242 e. The van der Waals surface area contributed by atoms with Crippen molar-refractivity contribution >= 4 is 35.0 Å². The minimum atomic E-state index is -0.654. The number of methoxy groups -OCH3 is 1. The van der Waals surface area contributed by atoms with Crippen LogP contribution in [0.25, 0.3) is 0 Å². The SMILES string of the molecule is COc1ccc(OCCCC(=O)N(Cc2ccc(Cl)cc2Cl)C(C)C(=O)NC(C)C)cc1. The summed E-state index contributed by atoms with van der Waals surface area (Å²) < 4.78 is 10.8. The average molecular weight is 481 g/mol. The molecule has 0 aliphatic heterocycles. The maximum absolute atomic E-state index is 13.1. The number of benzene rings is 2. The van der Waals surface area contributed by atoms with Crippen LogP contribution in [0.5, 0.6) is 11.5 Å². The first-order chi connectivity index (χ1) is 15.2. The van der Waals surface area contributed by atoms with E-state index in [2.05, 4.69) is 5.32 Å². The highest BCUT2D eigenvalue weighted by atomic mass is 35.5. The summed E-state index contributed by atoms with van der Waals surface area (Å²) in [4.78, 5) is 27.2. The predicted molar refractivity (Wildman–Crippen MR) is 127 cm³/mol. The first-order valence-electron chi connectivity index (χ1n) is 10.5. The molecule has 0 saturated carbocycles. The molecule has 1 atom stereocenters. The number of hydrogen-bond acceptors (Lipinski definition) is 4. The molecule has 0 aliphatic rings. The van der Waals surface area contributed by atoms with Crippen LogP contribution in [0.3, 0.4) is 0 Å². The standard InChI is InChI=1S/C24H30Cl2N2O4/c1-16(2)27-24(30)17(3)28(15-18-7-8-19(25)14-22(18)26)23(29)6-5-13-32-21-11-9-20(31-4)10-12-21/h7-12,14,16-17H,5-6,13,15H2,1-4H3,(H,27,30). The molecule has 0 spiro atoms. The van der Waals surface area contributed by atoms with Gasteiger partial charge in [-0.05, 0) is 69.2 Å². The number of amides is 2. The summed E-state index contributed by atoms with van der Waals surface area (Å²) in [6.45, 7) is 6.06. The van der Waals surface area contributed by atoms with Crippen molar-refractivity contribution < 1.29 is 19.1 Å². The molecule has 2 aromatic rings. The topological polar surface area (TPSA) is 67.9 Å². The van der Waals surface area contributed by atoms with E-state index in [1.165, 1.54) is 0 Å². The van der Waals surface area contributed by atoms with Crippen molar-refractivity contribution in [3.05, 3.63) is 58.1 Å². The summed E-state index contributed by atoms with van der Waals surface area (Å²) in [7, 11) is 1.60. The van der Waals surface area contributed by atoms with Crippen molar-refractivity contribution in [1.82, 2.24) is 10.2 Å². The Kier molecular flexibility index (Phi) is 10.1. The number of rotatable bonds is 11. The third kappa shape index (κ3) is 7.92. The molecule has 32 heavy (non-hydrogen) atoms. The van der Waals surface area contributed by atoms with Gasteiger partial charge in [0.25, 0.3) is 0 Å². The van der Waals surface area contributed by atoms with Gasteiger partial charge in [-0.2, -0.15) is 0 Å². The zero-order chi connectivity index (χ0) is 23.7. The fraction of sp³-hybridized carbons (Fsp3) is 0.417. The number of nitrogens with zero attached hydrogens (tertiary/aromatic N) is 1. The molecule has 0 bridgehead atoms. The van der Waals surface area contributed by atoms with E-state index in [9.17, 15) is 9.59 Å². The Balaban J connectivity index is 2.02. The summed E-state index contributed by atoms with van der Waals surface area (Å²) in [5, 5.41) is 3.83. The predicted octanol–water partition coefficient (Wildman–Crippen LogP) is 5.10. The highest BCUT2D eigenvalue weighted by molar-refractivity contribution is 6.35. The third-order valence-corrected chi connectivity index (χ3v) is 5.40. The molecule has 0 aromatic heterocycles. The van der Waals surface area contributed by atoms with Crippen LogP contribution in [0.1, 0.15) is 39.2 Å². The minimum Gasteiger partial charge on any atom is -0.497 e. The molecule has 2 rings (SSSR count). The normalized spacial score (nSPS) is 11.7. The van der Waals surface area contributed by atoms with Gasteiger partial charge in [-0.3, -0.25) is 9.59 Å². The lowest BCUT2D eigenvalue weighted by atomic mass is 10.1. The first kappa shape index (κ1) is 25.8. The van der Waals surface area contributed by atoms with Gasteiger partial charge in [-0.1, -0.05) is 29.3 Å². The third-order valence-electron chi connectivity index (χ3n) is 4.82. The summed E-state index contributed by atoms with van der Waals surface area (Å²) in [5.41, 5.74) is 0.725. The van der Waals surface area contributed by atoms with Crippen LogP contribution in [0, 0.1) is 0 Å². The lowest BCUT2D eigenvalue weighted by molar-refractivity contribution is -0.141. The lowest BCUT2D eigenvalue weighted by Crippen LogP contribution is -2.49. The molecule has 0 radical (unpaired) electrons. The van der Waals surface area contributed by atoms with Crippen molar-refractivity contribution in [2.75, 3.05) is 13.7 Å². The van der Waals surface area contributed by atoms with Crippen LogP contribution in [0.15, 0.2) is 42.5 Å². The zero-order valence-electron chi connectivity index (χ0n) is 18.9. The Labute approximate surface area is 199 Å². The van der Waals surface area contributed by atoms with Gasteiger partial charge in [0.1, 0.15) is 17.5 Å². The number of halogens is 2. The van der Waals surface area contributed by atoms with Crippen LogP contribution in [0.4, 0.5) is 0 Å². The lowest BCUT2D eigenvalue weighted by Gasteiger charge is -2.29. The summed E-state index contributed by atoms with van der Waals surface area (Å²) in [5.74, 6) is 1.08. The van der Waals surface area contributed by atoms with Crippen molar-refractivity contribution in [1.29, 1.82) is 0 Å². The Morgan fingerprint density at radius 2 is 1.69 bits per heavy atom. The van der Waals surface area contributed by atoms with Crippen molar-refractivity contribution in [3.63, 3.8) is 0 Å². The van der Waals surface area contributed by atoms with Crippen LogP contribution < -0.4 is 14.8 Å². The maximum atomic E-state index is 13.1. The Bertz CT molecular complexity index is 903. The molecule has 0 saturated heterocycles. The second-order valence-corrected chi connectivity index (χ2v) is 8.57. The molecular weight excluding hydrogens is 451 g/mol. The summed E-state index contributed by atoms with van der Waals surface area (Å²) >= 11 is 12.3. The molecular formula is C24H30Cl2N2O4. The first-order valence-corrected chi connectivity index (χ1v) is 11.3. The Morgan fingerprint density at radius 3 is 2.28 bits per heavy atom. The number of carbonyl (C=O) groups is 2. The number of carbonyl (C=O) groups excluding carboxylic acids is 2. The van der Waals surface area contributed by atoms with Gasteiger partial charge in [0.05, 0.1) is 13.7 Å². The number of nitrogens with one attached hydrogen (secondary N) is 1. The molecule has 0 fully saturated rings. The quantitative estimate of drug-likeness (QED) is 0.454. The van der Waals surface area contributed by atoms with E-state index >= 15 is 0 Å². The molecule has 6 nitrogen and oxygen atoms in total. The molecule has 8 heteroatoms. The monoisotopic (exact) mass is 480 g/mol. The van der Waals surface area contributed by atoms with Gasteiger partial charge in [0.2, 0.25) is 11.8 Å². The van der Waals surface area contributed by atoms with E-state index in [0.717, 1.165) is 11.3 Å². The average Bonchev–Trinajstić information content (AvgIpc) is 2.75. The van der Waals surface area contributed by atoms with Crippen LogP contribution >= 0.6 is 23.2 Å². The van der Waals surface area contributed by atoms with Gasteiger partial charge in [-0.25, -0.2) is 0 Å². The van der Waals surface area contributed by atoms with E-state index < -0.39 is 6.04 Å². The van der Waals surface area contributed by atoms with E-state index in [4.69, 9.17) is 32.7 Å². The molecule has 174 valence electrons. The maximum Gasteiger partial charge on any atom is 0.242 e. The second-order valence-electron chi connectivity index (χ2n) is 7.72. The van der Waals surface area contributed by atoms with Crippen LogP contribution in [0.2, 0.25) is 10.0 Å². The van der Waals surface area contributed by atoms with Crippen molar-refractivity contribution in [2.24, 2.45) is 0 Å². The largest absolute Gasteiger partial charge is 0.497 e. The van der Waals surface area contributed by atoms with Gasteiger partial charge in [-0.15, -0.1) is 0 Å². The Morgan fingerprint density at radius 1 is 1.03 bits per heavy atom. The molecule has 0 aliphatic carbocycles. The summed E-state index contributed by atoms with van der Waals surface area (Å²) in [6, 6.07) is 11.7. The molecule has 0 heterocycles. The van der Waals surface area contributed by atoms with Crippen LogP contribution in [-0.4, -0.2) is 42.5 Å². The zero-order valence-corrected chi connectivity index (χ0v) is 20.4. The van der Waals surface area contributed by atoms with Gasteiger partial charge in [0.15, 0.2) is 0 Å². The van der Waals surface area contributed by atoms with Crippen LogP contribution in [-0.2, 0) is 16.1 Å². The van der Waals surface area contributed by atoms with E-state index in [1.54, 1.807) is 37.1 Å². The van der Waals surface area contributed by atoms with E-state index in [1.807, 2.05) is 38.1 Å². The second kappa shape index (κ2) is 12.6. The van der Waals surface area contributed by atoms with E-state index in [0.29, 0.717) is 28.8 Å². The fourth-order valence-corrected chi connectivity index (χ4v) is 3.52. The number of ether oxygens (including phenoxy) is 2. The van der Waals surface area contributed by atoms with Gasteiger partial charge >= 0.3 is 0 Å². The van der Waals surface area contributed by atoms with Crippen molar-refractivity contribution in [3.8, 4) is 11.5 Å². The fourth-order valence-electron chi connectivity index (χ4n) is 3.05. The minimum absolute atomic E-state index is 0.0288. The molecule has 1 unspecified atom stereocenters. The number of hydrogen-bond donors (Lipinski definition) is 1. The highest BCUT2D eigenvalue weighted by Gasteiger charge is 2.26. The summed E-state index contributed by atoms with van der Waals surface area (Å²) in [6.07, 6.45) is 0.745. The molecule has 2 aromatic carbocycles. The molecule has 1 N–H and O–H groups in total. The molecule has 2 amide bonds.